The molecule has 1 aromatic carbocycles. The lowest BCUT2D eigenvalue weighted by atomic mass is 9.93. The maximum Gasteiger partial charge on any atom is 0.303 e. The van der Waals surface area contributed by atoms with Crippen LogP contribution in [0.25, 0.3) is 0 Å². The highest BCUT2D eigenvalue weighted by molar-refractivity contribution is 7.09. The van der Waals surface area contributed by atoms with Gasteiger partial charge in [0.1, 0.15) is 0 Å². The molecular formula is C19H22N2O3S. The van der Waals surface area contributed by atoms with E-state index in [2.05, 4.69) is 17.1 Å². The van der Waals surface area contributed by atoms with Crippen LogP contribution in [-0.2, 0) is 22.4 Å². The van der Waals surface area contributed by atoms with Gasteiger partial charge in [0, 0.05) is 31.3 Å². The average Bonchev–Trinajstić information content (AvgIpc) is 3.02. The largest absolute Gasteiger partial charge is 0.481 e. The van der Waals surface area contributed by atoms with Crippen molar-refractivity contribution in [2.45, 2.75) is 32.1 Å². The molecule has 1 aromatic heterocycles. The highest BCUT2D eigenvalue weighted by Gasteiger charge is 2.24. The Balaban J connectivity index is 1.50. The number of benzene rings is 1. The van der Waals surface area contributed by atoms with Crippen LogP contribution in [0.5, 0.6) is 0 Å². The van der Waals surface area contributed by atoms with E-state index in [1.807, 2.05) is 28.5 Å². The summed E-state index contributed by atoms with van der Waals surface area (Å²) in [7, 11) is 0. The van der Waals surface area contributed by atoms with E-state index in [-0.39, 0.29) is 18.2 Å². The van der Waals surface area contributed by atoms with Gasteiger partial charge in [-0.15, -0.1) is 11.3 Å². The molecule has 0 bridgehead atoms. The number of carboxylic acid groups (broad SMARTS) is 1. The molecule has 6 heteroatoms. The Morgan fingerprint density at radius 3 is 2.60 bits per heavy atom. The molecule has 1 fully saturated rings. The number of carbonyl (C=O) groups excluding carboxylic acids is 1. The molecule has 132 valence electrons. The second-order valence-corrected chi connectivity index (χ2v) is 7.44. The Hall–Kier alpha value is -2.21. The highest BCUT2D eigenvalue weighted by atomic mass is 32.1. The minimum Gasteiger partial charge on any atom is -0.481 e. The lowest BCUT2D eigenvalue weighted by Crippen LogP contribution is -2.39. The van der Waals surface area contributed by atoms with Crippen molar-refractivity contribution in [1.29, 1.82) is 0 Å². The standard InChI is InChI=1S/C19H22N2O3S/c22-18(21-8-6-15(7-9-21)11-19(23)24)12-16-13-25-17(20-16)10-14-4-2-1-3-5-14/h1-5,13,15H,6-12H2,(H,23,24). The fourth-order valence-corrected chi connectivity index (χ4v) is 4.01. The summed E-state index contributed by atoms with van der Waals surface area (Å²) in [5.41, 5.74) is 2.05. The smallest absolute Gasteiger partial charge is 0.303 e. The predicted octanol–water partition coefficient (Wildman–Crippen LogP) is 2.99. The number of nitrogens with zero attached hydrogens (tertiary/aromatic N) is 2. The number of carbonyl (C=O) groups is 2. The lowest BCUT2D eigenvalue weighted by Gasteiger charge is -2.31. The Labute approximate surface area is 151 Å². The summed E-state index contributed by atoms with van der Waals surface area (Å²) in [5.74, 6) is -0.471. The zero-order chi connectivity index (χ0) is 17.6. The van der Waals surface area contributed by atoms with E-state index < -0.39 is 5.97 Å². The molecule has 0 spiro atoms. The van der Waals surface area contributed by atoms with Gasteiger partial charge in [-0.1, -0.05) is 30.3 Å². The number of carboxylic acids is 1. The minimum atomic E-state index is -0.752. The molecule has 2 aromatic rings. The summed E-state index contributed by atoms with van der Waals surface area (Å²) in [6, 6.07) is 10.2. The fraction of sp³-hybridized carbons (Fsp3) is 0.421. The molecule has 1 aliphatic rings. The number of hydrogen-bond donors (Lipinski definition) is 1. The van der Waals surface area contributed by atoms with Crippen LogP contribution >= 0.6 is 11.3 Å². The van der Waals surface area contributed by atoms with Crippen molar-refractivity contribution in [1.82, 2.24) is 9.88 Å². The maximum atomic E-state index is 12.4. The molecule has 25 heavy (non-hydrogen) atoms. The Kier molecular flexibility index (Phi) is 5.81. The van der Waals surface area contributed by atoms with Crippen molar-refractivity contribution in [3.8, 4) is 0 Å². The second-order valence-electron chi connectivity index (χ2n) is 6.49. The number of thiazole rings is 1. The molecule has 0 aliphatic carbocycles. The van der Waals surface area contributed by atoms with Crippen molar-refractivity contribution >= 4 is 23.2 Å². The maximum absolute atomic E-state index is 12.4. The average molecular weight is 358 g/mol. The van der Waals surface area contributed by atoms with Crippen molar-refractivity contribution in [2.75, 3.05) is 13.1 Å². The Morgan fingerprint density at radius 2 is 1.92 bits per heavy atom. The number of aromatic nitrogens is 1. The molecular weight excluding hydrogens is 336 g/mol. The normalized spacial score (nSPS) is 15.3. The minimum absolute atomic E-state index is 0.0883. The van der Waals surface area contributed by atoms with Gasteiger partial charge in [-0.3, -0.25) is 9.59 Å². The van der Waals surface area contributed by atoms with Crippen molar-refractivity contribution in [2.24, 2.45) is 5.92 Å². The summed E-state index contributed by atoms with van der Waals surface area (Å²) < 4.78 is 0. The summed E-state index contributed by atoms with van der Waals surface area (Å²) in [6.07, 6.45) is 2.87. The van der Waals surface area contributed by atoms with Gasteiger partial charge in [0.25, 0.3) is 0 Å². The zero-order valence-electron chi connectivity index (χ0n) is 14.1. The van der Waals surface area contributed by atoms with Crippen LogP contribution in [0.2, 0.25) is 0 Å². The van der Waals surface area contributed by atoms with E-state index in [0.717, 1.165) is 30.0 Å². The molecule has 0 saturated carbocycles. The van der Waals surface area contributed by atoms with Crippen LogP contribution < -0.4 is 0 Å². The van der Waals surface area contributed by atoms with Gasteiger partial charge in [0.15, 0.2) is 0 Å². The van der Waals surface area contributed by atoms with Gasteiger partial charge in [0.2, 0.25) is 5.91 Å². The Morgan fingerprint density at radius 1 is 1.20 bits per heavy atom. The van der Waals surface area contributed by atoms with E-state index in [9.17, 15) is 9.59 Å². The van der Waals surface area contributed by atoms with Crippen LogP contribution in [0.4, 0.5) is 0 Å². The third-order valence-corrected chi connectivity index (χ3v) is 5.46. The first-order valence-electron chi connectivity index (χ1n) is 8.57. The van der Waals surface area contributed by atoms with Gasteiger partial charge in [-0.05, 0) is 24.3 Å². The number of hydrogen-bond acceptors (Lipinski definition) is 4. The SMILES string of the molecule is O=C(O)CC1CCN(C(=O)Cc2csc(Cc3ccccc3)n2)CC1. The highest BCUT2D eigenvalue weighted by Crippen LogP contribution is 2.21. The van der Waals surface area contributed by atoms with Crippen LogP contribution in [-0.4, -0.2) is 40.0 Å². The van der Waals surface area contributed by atoms with Gasteiger partial charge in [-0.2, -0.15) is 0 Å². The second kappa shape index (κ2) is 8.25. The fourth-order valence-electron chi connectivity index (χ4n) is 3.18. The first kappa shape index (κ1) is 17.6. The number of likely N-dealkylation sites (tertiary alicyclic amines) is 1. The molecule has 3 rings (SSSR count). The van der Waals surface area contributed by atoms with Crippen LogP contribution in [0.3, 0.4) is 0 Å². The predicted molar refractivity (Wildman–Crippen MR) is 96.6 cm³/mol. The van der Waals surface area contributed by atoms with Gasteiger partial charge in [0.05, 0.1) is 17.1 Å². The van der Waals surface area contributed by atoms with Crippen molar-refractivity contribution in [3.63, 3.8) is 0 Å². The van der Waals surface area contributed by atoms with Gasteiger partial charge < -0.3 is 10.0 Å². The molecule has 0 radical (unpaired) electrons. The summed E-state index contributed by atoms with van der Waals surface area (Å²) >= 11 is 1.59. The number of rotatable bonds is 6. The molecule has 1 aliphatic heterocycles. The molecule has 0 unspecified atom stereocenters. The number of piperidine rings is 1. The third kappa shape index (κ3) is 5.13. The Bertz CT molecular complexity index is 721. The quantitative estimate of drug-likeness (QED) is 0.862. The molecule has 5 nitrogen and oxygen atoms in total. The van der Waals surface area contributed by atoms with E-state index in [4.69, 9.17) is 5.11 Å². The molecule has 0 atom stereocenters. The molecule has 2 heterocycles. The molecule has 1 N–H and O–H groups in total. The first-order chi connectivity index (χ1) is 12.1. The number of amides is 1. The van der Waals surface area contributed by atoms with E-state index in [1.54, 1.807) is 11.3 Å². The molecule has 1 amide bonds. The van der Waals surface area contributed by atoms with Crippen molar-refractivity contribution in [3.05, 3.63) is 52.0 Å². The monoisotopic (exact) mass is 358 g/mol. The number of aliphatic carboxylic acids is 1. The van der Waals surface area contributed by atoms with E-state index in [0.29, 0.717) is 19.5 Å². The van der Waals surface area contributed by atoms with Gasteiger partial charge >= 0.3 is 5.97 Å². The first-order valence-corrected chi connectivity index (χ1v) is 9.45. The molecule has 1 saturated heterocycles. The van der Waals surface area contributed by atoms with Crippen molar-refractivity contribution < 1.29 is 14.7 Å². The zero-order valence-corrected chi connectivity index (χ0v) is 14.9. The summed E-state index contributed by atoms with van der Waals surface area (Å²) in [4.78, 5) is 29.6. The topological polar surface area (TPSA) is 70.5 Å². The van der Waals surface area contributed by atoms with E-state index in [1.165, 1.54) is 5.56 Å². The van der Waals surface area contributed by atoms with Crippen LogP contribution in [0.1, 0.15) is 35.5 Å². The van der Waals surface area contributed by atoms with Gasteiger partial charge in [-0.25, -0.2) is 4.98 Å². The van der Waals surface area contributed by atoms with E-state index >= 15 is 0 Å². The summed E-state index contributed by atoms with van der Waals surface area (Å²) in [5, 5.41) is 11.8. The van der Waals surface area contributed by atoms with Crippen LogP contribution in [0.15, 0.2) is 35.7 Å². The lowest BCUT2D eigenvalue weighted by molar-refractivity contribution is -0.138. The third-order valence-electron chi connectivity index (χ3n) is 4.56. The van der Waals surface area contributed by atoms with Crippen LogP contribution in [0, 0.1) is 5.92 Å². The summed E-state index contributed by atoms with van der Waals surface area (Å²) in [6.45, 7) is 1.30.